The Morgan fingerprint density at radius 2 is 1.45 bits per heavy atom. The van der Waals surface area contributed by atoms with Crippen molar-refractivity contribution >= 4 is 17.8 Å². The number of ether oxygens (including phenoxy) is 1. The topological polar surface area (TPSA) is 107 Å². The summed E-state index contributed by atoms with van der Waals surface area (Å²) >= 11 is 0. The molecule has 0 aromatic heterocycles. The number of carboxylic acids is 1. The van der Waals surface area contributed by atoms with Crippen LogP contribution in [0.25, 0.3) is 0 Å². The van der Waals surface area contributed by atoms with Gasteiger partial charge < -0.3 is 15.6 Å². The zero-order chi connectivity index (χ0) is 27.8. The third-order valence-electron chi connectivity index (χ3n) is 8.40. The minimum atomic E-state index is -1.74. The van der Waals surface area contributed by atoms with E-state index in [0.717, 1.165) is 56.9 Å². The standard InChI is InChI=1S/C32H51NO5/c1-3-5-7-9-10-11-12-13-17-21-26(23-28-27(29(34)38-28)22-18-8-6-4-2)32(30(33)35,31(36)37)24-25-19-15-14-16-20-25/h14-16,19-20,26-28H,3-13,17-18,21-24H2,1-2H3,(H2,33,35)(H,36,37)/t26?,27-,28-,32-/m0/s1. The van der Waals surface area contributed by atoms with Crippen LogP contribution in [0.2, 0.25) is 0 Å². The molecule has 1 aromatic rings. The van der Waals surface area contributed by atoms with E-state index in [2.05, 4.69) is 13.8 Å². The molecule has 1 aliphatic rings. The minimum Gasteiger partial charge on any atom is -0.480 e. The molecule has 1 aliphatic heterocycles. The summed E-state index contributed by atoms with van der Waals surface area (Å²) in [7, 11) is 0. The highest BCUT2D eigenvalue weighted by Gasteiger charge is 2.54. The van der Waals surface area contributed by atoms with Gasteiger partial charge in [0.1, 0.15) is 6.10 Å². The molecular weight excluding hydrogens is 478 g/mol. The Kier molecular flexibility index (Phi) is 14.5. The lowest BCUT2D eigenvalue weighted by Gasteiger charge is -2.42. The van der Waals surface area contributed by atoms with Crippen LogP contribution < -0.4 is 5.73 Å². The molecule has 1 heterocycles. The third kappa shape index (κ3) is 9.43. The predicted molar refractivity (Wildman–Crippen MR) is 151 cm³/mol. The van der Waals surface area contributed by atoms with Crippen molar-refractivity contribution in [2.45, 2.75) is 129 Å². The molecule has 0 bridgehead atoms. The lowest BCUT2D eigenvalue weighted by atomic mass is 9.65. The summed E-state index contributed by atoms with van der Waals surface area (Å²) in [4.78, 5) is 38.1. The molecule has 4 atom stereocenters. The SMILES string of the molecule is CCCCCCCCCCCC(C[C@@H]1OC(=O)[C@H]1CCCCCC)[C@@](Cc1ccccc1)(C(N)=O)C(=O)O. The monoisotopic (exact) mass is 529 g/mol. The first-order valence-corrected chi connectivity index (χ1v) is 15.1. The minimum absolute atomic E-state index is 0.0441. The van der Waals surface area contributed by atoms with Crippen molar-refractivity contribution in [3.63, 3.8) is 0 Å². The molecule has 0 saturated carbocycles. The van der Waals surface area contributed by atoms with E-state index in [1.807, 2.05) is 30.3 Å². The highest BCUT2D eigenvalue weighted by Crippen LogP contribution is 2.43. The number of hydrogen-bond donors (Lipinski definition) is 2. The van der Waals surface area contributed by atoms with Crippen molar-refractivity contribution in [2.24, 2.45) is 23.0 Å². The number of unbranched alkanes of at least 4 members (excludes halogenated alkanes) is 11. The molecule has 1 fully saturated rings. The number of esters is 1. The number of benzene rings is 1. The van der Waals surface area contributed by atoms with Gasteiger partial charge >= 0.3 is 11.9 Å². The van der Waals surface area contributed by atoms with E-state index in [1.165, 1.54) is 38.5 Å². The number of aliphatic carboxylic acids is 1. The molecule has 3 N–H and O–H groups in total. The summed E-state index contributed by atoms with van der Waals surface area (Å²) in [5, 5.41) is 10.5. The Morgan fingerprint density at radius 1 is 0.895 bits per heavy atom. The van der Waals surface area contributed by atoms with Crippen LogP contribution in [0.15, 0.2) is 30.3 Å². The second kappa shape index (κ2) is 17.3. The number of primary amides is 1. The number of hydrogen-bond acceptors (Lipinski definition) is 4. The van der Waals surface area contributed by atoms with Crippen LogP contribution in [0, 0.1) is 17.3 Å². The van der Waals surface area contributed by atoms with Crippen LogP contribution in [-0.2, 0) is 25.5 Å². The number of rotatable bonds is 22. The van der Waals surface area contributed by atoms with Gasteiger partial charge in [0.15, 0.2) is 5.41 Å². The normalized spacial score (nSPS) is 19.3. The largest absolute Gasteiger partial charge is 0.480 e. The number of carbonyl (C=O) groups excluding carboxylic acids is 2. The van der Waals surface area contributed by atoms with E-state index >= 15 is 0 Å². The smallest absolute Gasteiger partial charge is 0.319 e. The van der Waals surface area contributed by atoms with E-state index in [-0.39, 0.29) is 24.4 Å². The van der Waals surface area contributed by atoms with Gasteiger partial charge in [-0.05, 0) is 37.2 Å². The Hall–Kier alpha value is -2.37. The van der Waals surface area contributed by atoms with Crippen LogP contribution in [-0.4, -0.2) is 29.1 Å². The van der Waals surface area contributed by atoms with Gasteiger partial charge in [0, 0.05) is 0 Å². The fourth-order valence-corrected chi connectivity index (χ4v) is 5.96. The summed E-state index contributed by atoms with van der Waals surface area (Å²) in [5.74, 6) is -2.90. The maximum absolute atomic E-state index is 13.0. The molecule has 0 aliphatic carbocycles. The molecule has 1 unspecified atom stereocenters. The summed E-state index contributed by atoms with van der Waals surface area (Å²) in [6.07, 6.45) is 16.1. The number of cyclic esters (lactones) is 1. The van der Waals surface area contributed by atoms with Crippen LogP contribution in [0.4, 0.5) is 0 Å². The average Bonchev–Trinajstić information content (AvgIpc) is 2.89. The maximum Gasteiger partial charge on any atom is 0.319 e. The van der Waals surface area contributed by atoms with Crippen molar-refractivity contribution in [1.82, 2.24) is 0 Å². The van der Waals surface area contributed by atoms with Gasteiger partial charge in [0.2, 0.25) is 5.91 Å². The van der Waals surface area contributed by atoms with Crippen LogP contribution in [0.5, 0.6) is 0 Å². The van der Waals surface area contributed by atoms with E-state index in [4.69, 9.17) is 10.5 Å². The maximum atomic E-state index is 13.0. The quantitative estimate of drug-likeness (QED) is 0.0936. The van der Waals surface area contributed by atoms with Gasteiger partial charge in [-0.3, -0.25) is 14.4 Å². The highest BCUT2D eigenvalue weighted by atomic mass is 16.6. The number of carbonyl (C=O) groups is 3. The molecule has 1 amide bonds. The molecule has 0 radical (unpaired) electrons. The molecule has 6 heteroatoms. The number of amides is 1. The van der Waals surface area contributed by atoms with Crippen molar-refractivity contribution in [2.75, 3.05) is 0 Å². The molecule has 0 spiro atoms. The molecule has 1 aromatic carbocycles. The first kappa shape index (κ1) is 31.8. The van der Waals surface area contributed by atoms with Crippen molar-refractivity contribution in [3.8, 4) is 0 Å². The third-order valence-corrected chi connectivity index (χ3v) is 8.40. The highest BCUT2D eigenvalue weighted by molar-refractivity contribution is 6.02. The molecule has 6 nitrogen and oxygen atoms in total. The Labute approximate surface area is 230 Å². The first-order valence-electron chi connectivity index (χ1n) is 15.1. The van der Waals surface area contributed by atoms with Gasteiger partial charge in [-0.2, -0.15) is 0 Å². The summed E-state index contributed by atoms with van der Waals surface area (Å²) in [6.45, 7) is 4.37. The van der Waals surface area contributed by atoms with Gasteiger partial charge in [-0.15, -0.1) is 0 Å². The van der Waals surface area contributed by atoms with Gasteiger partial charge in [-0.25, -0.2) is 0 Å². The molecule has 38 heavy (non-hydrogen) atoms. The zero-order valence-corrected chi connectivity index (χ0v) is 23.8. The molecule has 2 rings (SSSR count). The van der Waals surface area contributed by atoms with Crippen molar-refractivity contribution < 1.29 is 24.2 Å². The lowest BCUT2D eigenvalue weighted by molar-refractivity contribution is -0.189. The van der Waals surface area contributed by atoms with Gasteiger partial charge in [0.05, 0.1) is 5.92 Å². The van der Waals surface area contributed by atoms with Crippen molar-refractivity contribution in [1.29, 1.82) is 0 Å². The van der Waals surface area contributed by atoms with Crippen molar-refractivity contribution in [3.05, 3.63) is 35.9 Å². The summed E-state index contributed by atoms with van der Waals surface area (Å²) < 4.78 is 5.55. The second-order valence-corrected chi connectivity index (χ2v) is 11.3. The van der Waals surface area contributed by atoms with E-state index in [1.54, 1.807) is 0 Å². The Balaban J connectivity index is 2.13. The van der Waals surface area contributed by atoms with Crippen LogP contribution in [0.3, 0.4) is 0 Å². The Morgan fingerprint density at radius 3 is 1.97 bits per heavy atom. The van der Waals surface area contributed by atoms with Gasteiger partial charge in [0.25, 0.3) is 0 Å². The molecular formula is C32H51NO5. The zero-order valence-electron chi connectivity index (χ0n) is 23.8. The number of carboxylic acid groups (broad SMARTS) is 1. The summed E-state index contributed by atoms with van der Waals surface area (Å²) in [5.41, 5.74) is 4.95. The lowest BCUT2D eigenvalue weighted by Crippen LogP contribution is -2.54. The molecule has 1 saturated heterocycles. The predicted octanol–water partition coefficient (Wildman–Crippen LogP) is 7.22. The Bertz CT molecular complexity index is 826. The average molecular weight is 530 g/mol. The second-order valence-electron chi connectivity index (χ2n) is 11.3. The van der Waals surface area contributed by atoms with Gasteiger partial charge in [-0.1, -0.05) is 128 Å². The molecule has 214 valence electrons. The van der Waals surface area contributed by atoms with E-state index in [9.17, 15) is 19.5 Å². The fourth-order valence-electron chi connectivity index (χ4n) is 5.96. The first-order chi connectivity index (χ1) is 18.4. The van der Waals surface area contributed by atoms with E-state index in [0.29, 0.717) is 12.8 Å². The summed E-state index contributed by atoms with van der Waals surface area (Å²) in [6, 6.07) is 9.25. The van der Waals surface area contributed by atoms with Crippen LogP contribution in [0.1, 0.15) is 122 Å². The number of nitrogens with two attached hydrogens (primary N) is 1. The van der Waals surface area contributed by atoms with Crippen LogP contribution >= 0.6 is 0 Å². The van der Waals surface area contributed by atoms with E-state index < -0.39 is 23.2 Å². The fraction of sp³-hybridized carbons (Fsp3) is 0.719.